The number of ether oxygens (including phenoxy) is 1. The van der Waals surface area contributed by atoms with Gasteiger partial charge in [0.2, 0.25) is 0 Å². The van der Waals surface area contributed by atoms with Gasteiger partial charge in [-0.3, -0.25) is 14.6 Å². The van der Waals surface area contributed by atoms with E-state index in [2.05, 4.69) is 10.3 Å². The number of para-hydroxylation sites is 1. The number of fused-ring (bicyclic) bond motifs is 1. The van der Waals surface area contributed by atoms with E-state index in [4.69, 9.17) is 9.15 Å². The van der Waals surface area contributed by atoms with Crippen LogP contribution in [0, 0.1) is 0 Å². The van der Waals surface area contributed by atoms with E-state index in [9.17, 15) is 9.59 Å². The van der Waals surface area contributed by atoms with Crippen LogP contribution in [0.25, 0.3) is 11.0 Å². The molecule has 0 saturated heterocycles. The Morgan fingerprint density at radius 1 is 0.926 bits per heavy atom. The average molecular weight is 358 g/mol. The largest absolute Gasteiger partial charge is 0.457 e. The Hall–Kier alpha value is -3.93. The maximum Gasteiger partial charge on any atom is 0.291 e. The molecule has 2 heterocycles. The minimum absolute atomic E-state index is 0.0563. The van der Waals surface area contributed by atoms with Crippen LogP contribution in [0.1, 0.15) is 10.6 Å². The van der Waals surface area contributed by atoms with Crippen molar-refractivity contribution in [3.05, 3.63) is 95.1 Å². The molecule has 0 saturated carbocycles. The molecule has 0 radical (unpaired) electrons. The predicted molar refractivity (Wildman–Crippen MR) is 101 cm³/mol. The highest BCUT2D eigenvalue weighted by atomic mass is 16.5. The fourth-order valence-corrected chi connectivity index (χ4v) is 2.59. The lowest BCUT2D eigenvalue weighted by atomic mass is 10.2. The smallest absolute Gasteiger partial charge is 0.291 e. The third-order valence-corrected chi connectivity index (χ3v) is 3.84. The molecule has 0 aliphatic carbocycles. The molecule has 27 heavy (non-hydrogen) atoms. The normalized spacial score (nSPS) is 10.5. The van der Waals surface area contributed by atoms with Crippen molar-refractivity contribution in [1.29, 1.82) is 0 Å². The second-order valence-electron chi connectivity index (χ2n) is 5.74. The molecule has 0 aliphatic rings. The van der Waals surface area contributed by atoms with Gasteiger partial charge < -0.3 is 14.5 Å². The van der Waals surface area contributed by atoms with Crippen molar-refractivity contribution in [2.75, 3.05) is 5.32 Å². The number of amides is 1. The molecular formula is C21H14N2O4. The Morgan fingerprint density at radius 2 is 1.74 bits per heavy atom. The Bertz CT molecular complexity index is 1170. The maximum absolute atomic E-state index is 12.5. The molecular weight excluding hydrogens is 344 g/mol. The summed E-state index contributed by atoms with van der Waals surface area (Å²) in [5, 5.41) is 3.14. The van der Waals surface area contributed by atoms with Crippen LogP contribution >= 0.6 is 0 Å². The Balaban J connectivity index is 1.56. The van der Waals surface area contributed by atoms with Gasteiger partial charge in [-0.25, -0.2) is 0 Å². The molecule has 0 fully saturated rings. The maximum atomic E-state index is 12.5. The van der Waals surface area contributed by atoms with E-state index < -0.39 is 5.91 Å². The van der Waals surface area contributed by atoms with Gasteiger partial charge in [0.15, 0.2) is 11.2 Å². The number of benzene rings is 2. The summed E-state index contributed by atoms with van der Waals surface area (Å²) in [6, 6.07) is 18.4. The molecule has 2 aromatic carbocycles. The molecule has 1 N–H and O–H groups in total. The van der Waals surface area contributed by atoms with Gasteiger partial charge in [0.25, 0.3) is 5.91 Å². The number of anilines is 1. The minimum atomic E-state index is -0.515. The number of hydrogen-bond donors (Lipinski definition) is 1. The number of carbonyl (C=O) groups excluding carboxylic acids is 1. The Kier molecular flexibility index (Phi) is 4.37. The van der Waals surface area contributed by atoms with E-state index in [1.54, 1.807) is 73.1 Å². The van der Waals surface area contributed by atoms with Gasteiger partial charge in [-0.05, 0) is 36.4 Å². The summed E-state index contributed by atoms with van der Waals surface area (Å²) in [5.41, 5.74) is 0.615. The van der Waals surface area contributed by atoms with Crippen LogP contribution in [0.5, 0.6) is 11.5 Å². The lowest BCUT2D eigenvalue weighted by Crippen LogP contribution is -2.14. The first-order valence-electron chi connectivity index (χ1n) is 8.21. The molecule has 6 heteroatoms. The summed E-state index contributed by atoms with van der Waals surface area (Å²) in [6.45, 7) is 0. The standard InChI is InChI=1S/C21H14N2O4/c24-18-13-20(27-19-7-2-1-6-17(18)19)21(25)23-14-4-3-5-16(12-14)26-15-8-10-22-11-9-15/h1-13H,(H,23,25). The van der Waals surface area contributed by atoms with Gasteiger partial charge in [0.05, 0.1) is 5.39 Å². The third kappa shape index (κ3) is 3.69. The van der Waals surface area contributed by atoms with Gasteiger partial charge in [-0.15, -0.1) is 0 Å². The highest BCUT2D eigenvalue weighted by Gasteiger charge is 2.13. The number of carbonyl (C=O) groups is 1. The second kappa shape index (κ2) is 7.13. The second-order valence-corrected chi connectivity index (χ2v) is 5.74. The van der Waals surface area contributed by atoms with Crippen molar-refractivity contribution in [2.45, 2.75) is 0 Å². The van der Waals surface area contributed by atoms with Crippen molar-refractivity contribution in [3.63, 3.8) is 0 Å². The van der Waals surface area contributed by atoms with Gasteiger partial charge in [0.1, 0.15) is 17.1 Å². The fraction of sp³-hybridized carbons (Fsp3) is 0. The van der Waals surface area contributed by atoms with Crippen LogP contribution < -0.4 is 15.5 Å². The van der Waals surface area contributed by atoms with Gasteiger partial charge in [0, 0.05) is 30.2 Å². The molecule has 0 unspecified atom stereocenters. The van der Waals surface area contributed by atoms with Crippen LogP contribution in [0.2, 0.25) is 0 Å². The number of aromatic nitrogens is 1. The first kappa shape index (κ1) is 16.5. The van der Waals surface area contributed by atoms with E-state index in [0.29, 0.717) is 28.2 Å². The van der Waals surface area contributed by atoms with Crippen LogP contribution in [0.3, 0.4) is 0 Å². The van der Waals surface area contributed by atoms with Crippen molar-refractivity contribution in [3.8, 4) is 11.5 Å². The van der Waals surface area contributed by atoms with Crippen LogP contribution in [0.4, 0.5) is 5.69 Å². The number of hydrogen-bond acceptors (Lipinski definition) is 5. The molecule has 0 spiro atoms. The van der Waals surface area contributed by atoms with Crippen LogP contribution in [0.15, 0.2) is 88.3 Å². The van der Waals surface area contributed by atoms with E-state index in [1.165, 1.54) is 6.07 Å². The van der Waals surface area contributed by atoms with E-state index in [0.717, 1.165) is 0 Å². The van der Waals surface area contributed by atoms with Crippen molar-refractivity contribution < 1.29 is 13.9 Å². The molecule has 6 nitrogen and oxygen atoms in total. The third-order valence-electron chi connectivity index (χ3n) is 3.84. The highest BCUT2D eigenvalue weighted by molar-refractivity contribution is 6.03. The molecule has 2 aromatic heterocycles. The number of nitrogens with zero attached hydrogens (tertiary/aromatic N) is 1. The summed E-state index contributed by atoms with van der Waals surface area (Å²) < 4.78 is 11.3. The molecule has 1 amide bonds. The summed E-state index contributed by atoms with van der Waals surface area (Å²) in [4.78, 5) is 28.6. The number of pyridine rings is 1. The number of nitrogens with one attached hydrogen (secondary N) is 1. The molecule has 4 aromatic rings. The van der Waals surface area contributed by atoms with Gasteiger partial charge in [-0.1, -0.05) is 18.2 Å². The molecule has 0 bridgehead atoms. The summed E-state index contributed by atoms with van der Waals surface area (Å²) in [5.74, 6) is 0.617. The quantitative estimate of drug-likeness (QED) is 0.590. The zero-order valence-electron chi connectivity index (χ0n) is 14.1. The monoisotopic (exact) mass is 358 g/mol. The zero-order chi connectivity index (χ0) is 18.6. The first-order valence-corrected chi connectivity index (χ1v) is 8.21. The SMILES string of the molecule is O=C(Nc1cccc(Oc2ccncc2)c1)c1cc(=O)c2ccccc2o1. The summed E-state index contributed by atoms with van der Waals surface area (Å²) in [7, 11) is 0. The molecule has 0 atom stereocenters. The zero-order valence-corrected chi connectivity index (χ0v) is 14.1. The lowest BCUT2D eigenvalue weighted by Gasteiger charge is -2.09. The molecule has 132 valence electrons. The van der Waals surface area contributed by atoms with Crippen molar-refractivity contribution >= 4 is 22.6 Å². The number of rotatable bonds is 4. The average Bonchev–Trinajstić information content (AvgIpc) is 2.69. The Labute approximate surface area is 154 Å². The first-order chi connectivity index (χ1) is 13.2. The lowest BCUT2D eigenvalue weighted by molar-refractivity contribution is 0.0997. The van der Waals surface area contributed by atoms with E-state index in [1.807, 2.05) is 0 Å². The van der Waals surface area contributed by atoms with Gasteiger partial charge in [-0.2, -0.15) is 0 Å². The van der Waals surface area contributed by atoms with Gasteiger partial charge >= 0.3 is 0 Å². The fourth-order valence-electron chi connectivity index (χ4n) is 2.59. The highest BCUT2D eigenvalue weighted by Crippen LogP contribution is 2.24. The molecule has 4 rings (SSSR count). The summed E-state index contributed by atoms with van der Waals surface area (Å²) >= 11 is 0. The minimum Gasteiger partial charge on any atom is -0.457 e. The van der Waals surface area contributed by atoms with Crippen LogP contribution in [-0.2, 0) is 0 Å². The van der Waals surface area contributed by atoms with E-state index in [-0.39, 0.29) is 11.2 Å². The van der Waals surface area contributed by atoms with E-state index >= 15 is 0 Å². The topological polar surface area (TPSA) is 81.4 Å². The van der Waals surface area contributed by atoms with Crippen LogP contribution in [-0.4, -0.2) is 10.9 Å². The Morgan fingerprint density at radius 3 is 2.59 bits per heavy atom. The van der Waals surface area contributed by atoms with Crippen molar-refractivity contribution in [2.24, 2.45) is 0 Å². The summed E-state index contributed by atoms with van der Waals surface area (Å²) in [6.07, 6.45) is 3.26. The molecule has 0 aliphatic heterocycles. The van der Waals surface area contributed by atoms with Crippen molar-refractivity contribution in [1.82, 2.24) is 4.98 Å². The predicted octanol–water partition coefficient (Wildman–Crippen LogP) is 4.23.